The summed E-state index contributed by atoms with van der Waals surface area (Å²) in [6.07, 6.45) is 5.99. The molecule has 0 amide bonds. The van der Waals surface area contributed by atoms with Crippen molar-refractivity contribution in [2.45, 2.75) is 58.1 Å². The molecule has 1 fully saturated rings. The monoisotopic (exact) mass is 370 g/mol. The smallest absolute Gasteiger partial charge is 0.338 e. The third-order valence-electron chi connectivity index (χ3n) is 5.90. The van der Waals surface area contributed by atoms with Gasteiger partial charge in [-0.15, -0.1) is 0 Å². The first-order valence-corrected chi connectivity index (χ1v) is 10.2. The second-order valence-electron chi connectivity index (χ2n) is 7.75. The van der Waals surface area contributed by atoms with Crippen LogP contribution in [0.15, 0.2) is 23.0 Å². The summed E-state index contributed by atoms with van der Waals surface area (Å²) in [6.45, 7) is 5.99. The van der Waals surface area contributed by atoms with Gasteiger partial charge in [-0.05, 0) is 44.4 Å². The number of quaternary nitrogens is 1. The molecule has 1 saturated heterocycles. The van der Waals surface area contributed by atoms with Gasteiger partial charge in [-0.2, -0.15) is 0 Å². The number of carbonyl (C=O) groups excluding carboxylic acids is 1. The van der Waals surface area contributed by atoms with Crippen LogP contribution in [0.5, 0.6) is 0 Å². The molecule has 2 aliphatic heterocycles. The Morgan fingerprint density at radius 2 is 2.19 bits per heavy atom. The number of likely N-dealkylation sites (tertiary alicyclic amines) is 1. The maximum atomic E-state index is 12.8. The number of hydrogen-bond acceptors (Lipinski definition) is 4. The van der Waals surface area contributed by atoms with E-state index in [2.05, 4.69) is 6.92 Å². The molecule has 144 valence electrons. The number of esters is 1. The number of piperidine rings is 1. The lowest BCUT2D eigenvalue weighted by atomic mass is 10.1. The third-order valence-corrected chi connectivity index (χ3v) is 5.90. The largest absolute Gasteiger partial charge is 0.453 e. The van der Waals surface area contributed by atoms with Gasteiger partial charge < -0.3 is 9.64 Å². The first kappa shape index (κ1) is 18.2. The predicted molar refractivity (Wildman–Crippen MR) is 103 cm³/mol. The molecule has 0 aliphatic carbocycles. The van der Waals surface area contributed by atoms with Gasteiger partial charge in [0.1, 0.15) is 12.4 Å². The lowest BCUT2D eigenvalue weighted by Gasteiger charge is -2.28. The Morgan fingerprint density at radius 3 is 3.04 bits per heavy atom. The van der Waals surface area contributed by atoms with Crippen LogP contribution in [0, 0.1) is 0 Å². The number of nitrogens with one attached hydrogen (secondary N) is 1. The Bertz CT molecular complexity index is 905. The van der Waals surface area contributed by atoms with E-state index in [0.717, 1.165) is 70.5 Å². The number of likely N-dealkylation sites (N-methyl/N-ethyl adjacent to an activating group) is 1. The molecule has 2 aromatic rings. The SMILES string of the molecule is CC[NH+]1CCC[C@H](OC(=O)c2ccc3c(=O)n4c(nc3c2)CCCCC4)C1. The van der Waals surface area contributed by atoms with Crippen LogP contribution in [-0.2, 0) is 17.7 Å². The average molecular weight is 370 g/mol. The summed E-state index contributed by atoms with van der Waals surface area (Å²) < 4.78 is 7.55. The van der Waals surface area contributed by atoms with Crippen molar-refractivity contribution in [1.29, 1.82) is 0 Å². The molecule has 27 heavy (non-hydrogen) atoms. The van der Waals surface area contributed by atoms with Gasteiger partial charge in [0.2, 0.25) is 0 Å². The normalized spacial score (nSPS) is 22.9. The number of benzene rings is 1. The van der Waals surface area contributed by atoms with Crippen LogP contribution in [-0.4, -0.2) is 41.3 Å². The summed E-state index contributed by atoms with van der Waals surface area (Å²) in [7, 11) is 0. The van der Waals surface area contributed by atoms with Gasteiger partial charge in [0.15, 0.2) is 6.10 Å². The van der Waals surface area contributed by atoms with Crippen molar-refractivity contribution in [2.75, 3.05) is 19.6 Å². The number of hydrogen-bond donors (Lipinski definition) is 1. The van der Waals surface area contributed by atoms with E-state index < -0.39 is 0 Å². The number of aryl methyl sites for hydroxylation is 1. The highest BCUT2D eigenvalue weighted by molar-refractivity contribution is 5.94. The molecule has 2 aliphatic rings. The molecular weight excluding hydrogens is 342 g/mol. The van der Waals surface area contributed by atoms with Crippen LogP contribution in [0.4, 0.5) is 0 Å². The quantitative estimate of drug-likeness (QED) is 0.829. The van der Waals surface area contributed by atoms with Gasteiger partial charge in [0, 0.05) is 19.4 Å². The van der Waals surface area contributed by atoms with E-state index in [1.54, 1.807) is 22.8 Å². The molecule has 1 unspecified atom stereocenters. The van der Waals surface area contributed by atoms with E-state index in [-0.39, 0.29) is 17.6 Å². The van der Waals surface area contributed by atoms with Crippen molar-refractivity contribution in [3.8, 4) is 0 Å². The van der Waals surface area contributed by atoms with Gasteiger partial charge in [0.05, 0.1) is 29.6 Å². The van der Waals surface area contributed by atoms with E-state index in [9.17, 15) is 9.59 Å². The molecule has 0 spiro atoms. The number of aromatic nitrogens is 2. The minimum Gasteiger partial charge on any atom is -0.453 e. The third kappa shape index (κ3) is 3.76. The summed E-state index contributed by atoms with van der Waals surface area (Å²) in [5.41, 5.74) is 1.09. The lowest BCUT2D eigenvalue weighted by molar-refractivity contribution is -0.906. The molecule has 0 saturated carbocycles. The van der Waals surface area contributed by atoms with Crippen LogP contribution in [0.2, 0.25) is 0 Å². The van der Waals surface area contributed by atoms with Crippen LogP contribution < -0.4 is 10.5 Å². The zero-order chi connectivity index (χ0) is 18.8. The Morgan fingerprint density at radius 1 is 1.30 bits per heavy atom. The number of carbonyl (C=O) groups is 1. The summed E-state index contributed by atoms with van der Waals surface area (Å²) in [5.74, 6) is 0.529. The van der Waals surface area contributed by atoms with Crippen LogP contribution in [0.3, 0.4) is 0 Å². The van der Waals surface area contributed by atoms with Crippen molar-refractivity contribution >= 4 is 16.9 Å². The molecule has 1 aromatic heterocycles. The van der Waals surface area contributed by atoms with E-state index in [1.165, 1.54) is 4.90 Å². The second-order valence-corrected chi connectivity index (χ2v) is 7.75. The highest BCUT2D eigenvalue weighted by Gasteiger charge is 2.26. The van der Waals surface area contributed by atoms with Crippen molar-refractivity contribution in [3.05, 3.63) is 39.9 Å². The molecule has 2 atom stereocenters. The molecule has 3 heterocycles. The molecular formula is C21H28N3O3+. The van der Waals surface area contributed by atoms with Crippen LogP contribution in [0.1, 0.15) is 55.2 Å². The van der Waals surface area contributed by atoms with Crippen molar-refractivity contribution in [1.82, 2.24) is 9.55 Å². The first-order valence-electron chi connectivity index (χ1n) is 10.2. The van der Waals surface area contributed by atoms with Gasteiger partial charge in [-0.25, -0.2) is 9.78 Å². The van der Waals surface area contributed by atoms with E-state index in [4.69, 9.17) is 9.72 Å². The number of nitrogens with zero attached hydrogens (tertiary/aromatic N) is 2. The van der Waals surface area contributed by atoms with E-state index in [1.807, 2.05) is 0 Å². The number of fused-ring (bicyclic) bond motifs is 2. The van der Waals surface area contributed by atoms with Crippen molar-refractivity contribution in [3.63, 3.8) is 0 Å². The maximum Gasteiger partial charge on any atom is 0.338 e. The van der Waals surface area contributed by atoms with Gasteiger partial charge in [0.25, 0.3) is 5.56 Å². The van der Waals surface area contributed by atoms with E-state index >= 15 is 0 Å². The lowest BCUT2D eigenvalue weighted by Crippen LogP contribution is -3.13. The minimum atomic E-state index is -0.309. The minimum absolute atomic E-state index is 0.00582. The van der Waals surface area contributed by atoms with Crippen molar-refractivity contribution < 1.29 is 14.4 Å². The molecule has 0 radical (unpaired) electrons. The summed E-state index contributed by atoms with van der Waals surface area (Å²) in [5, 5.41) is 0.580. The summed E-state index contributed by atoms with van der Waals surface area (Å²) >= 11 is 0. The average Bonchev–Trinajstić information content (AvgIpc) is 2.93. The fraction of sp³-hybridized carbons (Fsp3) is 0.571. The molecule has 6 heteroatoms. The Kier molecular flexibility index (Phi) is 5.25. The highest BCUT2D eigenvalue weighted by Crippen LogP contribution is 2.17. The van der Waals surface area contributed by atoms with Gasteiger partial charge in [-0.1, -0.05) is 6.42 Å². The van der Waals surface area contributed by atoms with Crippen molar-refractivity contribution in [2.24, 2.45) is 0 Å². The van der Waals surface area contributed by atoms with E-state index in [0.29, 0.717) is 16.5 Å². The molecule has 6 nitrogen and oxygen atoms in total. The first-order chi connectivity index (χ1) is 13.2. The maximum absolute atomic E-state index is 12.8. The van der Waals surface area contributed by atoms with Gasteiger partial charge in [-0.3, -0.25) is 9.36 Å². The highest BCUT2D eigenvalue weighted by atomic mass is 16.5. The fourth-order valence-electron chi connectivity index (χ4n) is 4.29. The molecule has 1 aromatic carbocycles. The number of rotatable bonds is 3. The molecule has 0 bridgehead atoms. The summed E-state index contributed by atoms with van der Waals surface area (Å²) in [4.78, 5) is 31.6. The summed E-state index contributed by atoms with van der Waals surface area (Å²) in [6, 6.07) is 5.15. The standard InChI is InChI=1S/C21H27N3O3/c1-2-23-11-6-7-16(14-23)27-21(26)15-9-10-17-18(13-15)22-19-8-4-3-5-12-24(19)20(17)25/h9-10,13,16H,2-8,11-12,14H2,1H3/p+1/t16-/m0/s1. The Hall–Kier alpha value is -2.21. The van der Waals surface area contributed by atoms with Crippen LogP contribution in [0.25, 0.3) is 10.9 Å². The molecule has 1 N–H and O–H groups in total. The van der Waals surface area contributed by atoms with Crippen LogP contribution >= 0.6 is 0 Å². The zero-order valence-corrected chi connectivity index (χ0v) is 16.0. The predicted octanol–water partition coefficient (Wildman–Crippen LogP) is 1.35. The zero-order valence-electron chi connectivity index (χ0n) is 16.0. The van der Waals surface area contributed by atoms with Gasteiger partial charge >= 0.3 is 5.97 Å². The fourth-order valence-corrected chi connectivity index (χ4v) is 4.29. The molecule has 4 rings (SSSR count). The topological polar surface area (TPSA) is 65.6 Å². The Balaban J connectivity index is 1.59. The second kappa shape index (κ2) is 7.80. The Labute approximate surface area is 159 Å². The number of ether oxygens (including phenoxy) is 1.